The van der Waals surface area contributed by atoms with E-state index in [0.717, 1.165) is 11.4 Å². The molecule has 0 aromatic heterocycles. The first-order valence-electron chi connectivity index (χ1n) is 3.63. The van der Waals surface area contributed by atoms with Gasteiger partial charge in [0.25, 0.3) is 0 Å². The Labute approximate surface area is 87.9 Å². The first kappa shape index (κ1) is 9.84. The summed E-state index contributed by atoms with van der Waals surface area (Å²) in [5, 5.41) is 0.846. The molecule has 0 nitrogen and oxygen atoms in total. The maximum Gasteiger partial charge on any atom is 0.468 e. The summed E-state index contributed by atoms with van der Waals surface area (Å²) >= 11 is 9.38. The summed E-state index contributed by atoms with van der Waals surface area (Å²) in [4.78, 5) is 0. The molecule has 0 amide bonds. The van der Waals surface area contributed by atoms with Crippen LogP contribution in [0.25, 0.3) is 0 Å². The van der Waals surface area contributed by atoms with Gasteiger partial charge in [-0.05, 0) is 24.1 Å². The molecule has 0 N–H and O–H groups in total. The van der Waals surface area contributed by atoms with Gasteiger partial charge in [0.05, 0.1) is 0 Å². The highest BCUT2D eigenvalue weighted by Gasteiger charge is 1.94. The van der Waals surface area contributed by atoms with Gasteiger partial charge in [0.15, 0.2) is 0 Å². The van der Waals surface area contributed by atoms with Crippen molar-refractivity contribution in [3.8, 4) is 0 Å². The van der Waals surface area contributed by atoms with Gasteiger partial charge in [-0.2, -0.15) is 0 Å². The van der Waals surface area contributed by atoms with Gasteiger partial charge in [-0.3, -0.25) is 0 Å². The molecule has 1 aromatic carbocycles. The molecule has 0 aliphatic rings. The van der Waals surface area contributed by atoms with E-state index in [1.54, 1.807) is 0 Å². The summed E-state index contributed by atoms with van der Waals surface area (Å²) in [7, 11) is 0. The van der Waals surface area contributed by atoms with Gasteiger partial charge in [0.2, 0.25) is 0 Å². The molecule has 0 unspecified atom stereocenters. The smallest absolute Gasteiger partial charge is 0.307 e. The minimum atomic E-state index is 0.0273. The normalized spacial score (nSPS) is 9.27. The Hall–Kier alpha value is 0.756. The second kappa shape index (κ2) is 5.41. The Bertz CT molecular complexity index is 227. The Morgan fingerprint density at radius 3 is 2.91 bits per heavy atom. The van der Waals surface area contributed by atoms with E-state index in [4.69, 9.17) is 11.6 Å². The average Bonchev–Trinajstić information content (AvgIpc) is 2.01. The van der Waals surface area contributed by atoms with E-state index in [9.17, 15) is 0 Å². The number of aryl methyl sites for hydroxylation is 1. The molecular weight excluding hydrogens is 236 g/mol. The second-order valence-corrected chi connectivity index (χ2v) is 6.32. The Balaban J connectivity index is 2.56. The Morgan fingerprint density at radius 1 is 1.45 bits per heavy atom. The fourth-order valence-electron chi connectivity index (χ4n) is 0.963. The van der Waals surface area contributed by atoms with E-state index < -0.39 is 0 Å². The number of hydrogen-bond acceptors (Lipinski definition) is 0. The third-order valence-electron chi connectivity index (χ3n) is 1.49. The molecule has 0 saturated heterocycles. The van der Waals surface area contributed by atoms with Crippen molar-refractivity contribution in [3.05, 3.63) is 34.9 Å². The highest BCUT2D eigenvalue weighted by atomic mass is 79.9. The molecule has 56 valence electrons. The van der Waals surface area contributed by atoms with Crippen LogP contribution < -0.4 is 0 Å². The van der Waals surface area contributed by atoms with Crippen LogP contribution in [0.2, 0.25) is 9.57 Å². The number of halogens is 2. The molecule has 0 atom stereocenters. The van der Waals surface area contributed by atoms with Crippen LogP contribution in [0.1, 0.15) is 5.56 Å². The summed E-state index contributed by atoms with van der Waals surface area (Å²) in [5.41, 5.74) is 1.35. The molecule has 3 heteroatoms. The highest BCUT2D eigenvalue weighted by Crippen LogP contribution is 2.12. The zero-order valence-corrected chi connectivity index (χ0v) is 9.94. The molecule has 0 aliphatic heterocycles. The van der Waals surface area contributed by atoms with Crippen LogP contribution in [0.4, 0.5) is 0 Å². The maximum absolute atomic E-state index is 5.82. The van der Waals surface area contributed by atoms with Gasteiger partial charge in [-0.1, -0.05) is 23.7 Å². The molecular formula is C8H8BrClMg. The summed E-state index contributed by atoms with van der Waals surface area (Å²) in [6.07, 6.45) is 1.16. The highest BCUT2D eigenvalue weighted by molar-refractivity contribution is 9.23. The van der Waals surface area contributed by atoms with Gasteiger partial charge < -0.3 is 12.9 Å². The molecule has 0 radical (unpaired) electrons. The summed E-state index contributed by atoms with van der Waals surface area (Å²) in [5.74, 6) is 0. The van der Waals surface area contributed by atoms with E-state index in [1.807, 2.05) is 18.2 Å². The lowest BCUT2D eigenvalue weighted by Crippen LogP contribution is -1.85. The first-order valence-corrected chi connectivity index (χ1v) is 8.91. The van der Waals surface area contributed by atoms with Crippen molar-refractivity contribution in [2.24, 2.45) is 0 Å². The molecule has 0 saturated carbocycles. The number of rotatable bonds is 3. The minimum Gasteiger partial charge on any atom is -0.307 e. The fraction of sp³-hybridized carbons (Fsp3) is 0.250. The van der Waals surface area contributed by atoms with Crippen LogP contribution >= 0.6 is 24.5 Å². The summed E-state index contributed by atoms with van der Waals surface area (Å²) in [6.45, 7) is 0. The largest absolute Gasteiger partial charge is 0.468 e. The fourth-order valence-corrected chi connectivity index (χ4v) is 2.56. The predicted octanol–water partition coefficient (Wildman–Crippen LogP) is 3.31. The zero-order chi connectivity index (χ0) is 8.10. The van der Waals surface area contributed by atoms with Crippen molar-refractivity contribution in [2.45, 2.75) is 11.0 Å². The predicted molar refractivity (Wildman–Crippen MR) is 54.6 cm³/mol. The molecule has 0 spiro atoms. The monoisotopic (exact) mass is 242 g/mol. The van der Waals surface area contributed by atoms with Crippen molar-refractivity contribution in [1.29, 1.82) is 0 Å². The van der Waals surface area contributed by atoms with E-state index in [-0.39, 0.29) is 18.2 Å². The average molecular weight is 244 g/mol. The van der Waals surface area contributed by atoms with Crippen molar-refractivity contribution < 1.29 is 0 Å². The lowest BCUT2D eigenvalue weighted by atomic mass is 10.2. The molecule has 0 heterocycles. The quantitative estimate of drug-likeness (QED) is 0.715. The van der Waals surface area contributed by atoms with Crippen molar-refractivity contribution in [2.75, 3.05) is 0 Å². The van der Waals surface area contributed by atoms with Gasteiger partial charge in [0, 0.05) is 5.02 Å². The van der Waals surface area contributed by atoms with Crippen molar-refractivity contribution >= 4 is 42.7 Å². The standard InChI is InChI=1S/C8H8Cl.BrH.Mg/c1-2-7-4-3-5-8(9)6-7;;/h3-6H,1-2H2;1H;/q;;+1/p-1. The van der Waals surface area contributed by atoms with E-state index in [2.05, 4.69) is 19.0 Å². The zero-order valence-electron chi connectivity index (χ0n) is 6.19. The van der Waals surface area contributed by atoms with Crippen LogP contribution in [0.15, 0.2) is 24.3 Å². The van der Waals surface area contributed by atoms with Gasteiger partial charge in [0.1, 0.15) is 0 Å². The van der Waals surface area contributed by atoms with Crippen molar-refractivity contribution in [1.82, 2.24) is 0 Å². The third-order valence-corrected chi connectivity index (χ3v) is 4.03. The van der Waals surface area contributed by atoms with Crippen LogP contribution in [-0.2, 0) is 6.42 Å². The number of benzene rings is 1. The van der Waals surface area contributed by atoms with Gasteiger partial charge in [-0.25, -0.2) is 0 Å². The second-order valence-electron chi connectivity index (χ2n) is 2.42. The van der Waals surface area contributed by atoms with E-state index >= 15 is 0 Å². The van der Waals surface area contributed by atoms with Gasteiger partial charge in [-0.15, -0.1) is 4.55 Å². The van der Waals surface area contributed by atoms with Crippen LogP contribution in [0.5, 0.6) is 0 Å². The van der Waals surface area contributed by atoms with E-state index in [1.165, 1.54) is 10.1 Å². The van der Waals surface area contributed by atoms with Crippen LogP contribution in [0.3, 0.4) is 0 Å². The first-order chi connectivity index (χ1) is 5.33. The molecule has 0 aliphatic carbocycles. The summed E-state index contributed by atoms with van der Waals surface area (Å²) in [6, 6.07) is 8.09. The Kier molecular flexibility index (Phi) is 4.84. The van der Waals surface area contributed by atoms with Crippen molar-refractivity contribution in [3.63, 3.8) is 0 Å². The van der Waals surface area contributed by atoms with Gasteiger partial charge >= 0.3 is 18.2 Å². The molecule has 11 heavy (non-hydrogen) atoms. The molecule has 1 aromatic rings. The molecule has 1 rings (SSSR count). The SMILES string of the molecule is Clc1cccc(C[CH2][Mg][Br])c1. The molecule has 0 bridgehead atoms. The molecule has 0 fully saturated rings. The maximum atomic E-state index is 5.82. The van der Waals surface area contributed by atoms with Crippen LogP contribution in [0, 0.1) is 0 Å². The minimum absolute atomic E-state index is 0.0273. The Morgan fingerprint density at radius 2 is 2.27 bits per heavy atom. The number of hydrogen-bond donors (Lipinski definition) is 0. The topological polar surface area (TPSA) is 0 Å². The summed E-state index contributed by atoms with van der Waals surface area (Å²) < 4.78 is 1.31. The van der Waals surface area contributed by atoms with Crippen LogP contribution in [-0.4, -0.2) is 18.2 Å². The lowest BCUT2D eigenvalue weighted by molar-refractivity contribution is 1.13. The third kappa shape index (κ3) is 3.79. The van der Waals surface area contributed by atoms with E-state index in [0.29, 0.717) is 0 Å². The lowest BCUT2D eigenvalue weighted by Gasteiger charge is -1.98.